The van der Waals surface area contributed by atoms with Gasteiger partial charge in [0.15, 0.2) is 6.10 Å². The van der Waals surface area contributed by atoms with E-state index in [0.717, 1.165) is 0 Å². The van der Waals surface area contributed by atoms with Gasteiger partial charge in [-0.15, -0.1) is 0 Å². The first-order chi connectivity index (χ1) is 5.59. The molecule has 1 heterocycles. The van der Waals surface area contributed by atoms with Crippen molar-refractivity contribution in [1.82, 2.24) is 9.78 Å². The maximum absolute atomic E-state index is 10.2. The average Bonchev–Trinajstić information content (AvgIpc) is 2.35. The minimum Gasteiger partial charge on any atom is -0.479 e. The Morgan fingerprint density at radius 3 is 2.92 bits per heavy atom. The summed E-state index contributed by atoms with van der Waals surface area (Å²) in [4.78, 5) is 10.2. The molecule has 0 aromatic carbocycles. The maximum Gasteiger partial charge on any atom is 0.332 e. The van der Waals surface area contributed by atoms with Gasteiger partial charge in [-0.2, -0.15) is 5.10 Å². The van der Waals surface area contributed by atoms with Crippen LogP contribution in [0.4, 0.5) is 0 Å². The fraction of sp³-hybridized carbons (Fsp3) is 0.429. The quantitative estimate of drug-likeness (QED) is 0.635. The molecule has 12 heavy (non-hydrogen) atoms. The SMILES string of the molecule is Cn1cc(CC(O)C(=O)O)cn1. The van der Waals surface area contributed by atoms with Gasteiger partial charge in [0, 0.05) is 19.7 Å². The molecule has 0 aliphatic carbocycles. The summed E-state index contributed by atoms with van der Waals surface area (Å²) < 4.78 is 1.56. The van der Waals surface area contributed by atoms with Crippen LogP contribution in [-0.2, 0) is 18.3 Å². The molecule has 0 saturated heterocycles. The summed E-state index contributed by atoms with van der Waals surface area (Å²) in [7, 11) is 1.73. The summed E-state index contributed by atoms with van der Waals surface area (Å²) in [5.74, 6) is -1.21. The summed E-state index contributed by atoms with van der Waals surface area (Å²) in [6.45, 7) is 0. The van der Waals surface area contributed by atoms with Crippen molar-refractivity contribution in [3.05, 3.63) is 18.0 Å². The normalized spacial score (nSPS) is 12.8. The number of aromatic nitrogens is 2. The molecule has 0 saturated carbocycles. The van der Waals surface area contributed by atoms with E-state index in [2.05, 4.69) is 5.10 Å². The molecule has 5 nitrogen and oxygen atoms in total. The average molecular weight is 170 g/mol. The number of carbonyl (C=O) groups is 1. The molecule has 0 aliphatic heterocycles. The van der Waals surface area contributed by atoms with Crippen LogP contribution in [0.3, 0.4) is 0 Å². The standard InChI is InChI=1S/C7H10N2O3/c1-9-4-5(3-8-9)2-6(10)7(11)12/h3-4,6,10H,2H2,1H3,(H,11,12). The number of carboxylic acid groups (broad SMARTS) is 1. The zero-order valence-electron chi connectivity index (χ0n) is 6.64. The van der Waals surface area contributed by atoms with Crippen LogP contribution in [0.1, 0.15) is 5.56 Å². The fourth-order valence-corrected chi connectivity index (χ4v) is 0.888. The highest BCUT2D eigenvalue weighted by Gasteiger charge is 2.14. The van der Waals surface area contributed by atoms with Crippen LogP contribution in [0.25, 0.3) is 0 Å². The number of aliphatic carboxylic acids is 1. The minimum absolute atomic E-state index is 0.100. The number of aliphatic hydroxyl groups excluding tert-OH is 1. The summed E-state index contributed by atoms with van der Waals surface area (Å²) in [6.07, 6.45) is 1.97. The Bertz CT molecular complexity index is 282. The zero-order valence-corrected chi connectivity index (χ0v) is 6.64. The number of aryl methyl sites for hydroxylation is 1. The van der Waals surface area contributed by atoms with Gasteiger partial charge in [-0.25, -0.2) is 4.79 Å². The van der Waals surface area contributed by atoms with Crippen LogP contribution in [0, 0.1) is 0 Å². The van der Waals surface area contributed by atoms with Crippen LogP contribution in [-0.4, -0.2) is 32.1 Å². The Labute approximate surface area is 69.2 Å². The molecule has 0 amide bonds. The summed E-state index contributed by atoms with van der Waals surface area (Å²) in [5, 5.41) is 21.2. The maximum atomic E-state index is 10.2. The largest absolute Gasteiger partial charge is 0.479 e. The van der Waals surface area contributed by atoms with E-state index in [1.54, 1.807) is 17.9 Å². The van der Waals surface area contributed by atoms with E-state index >= 15 is 0 Å². The highest BCUT2D eigenvalue weighted by Crippen LogP contribution is 2.01. The van der Waals surface area contributed by atoms with E-state index in [4.69, 9.17) is 10.2 Å². The van der Waals surface area contributed by atoms with Crippen molar-refractivity contribution in [2.24, 2.45) is 7.05 Å². The second-order valence-corrected chi connectivity index (χ2v) is 2.58. The number of carboxylic acids is 1. The molecule has 1 atom stereocenters. The Morgan fingerprint density at radius 1 is 1.83 bits per heavy atom. The lowest BCUT2D eigenvalue weighted by Gasteiger charge is -2.00. The Kier molecular flexibility index (Phi) is 2.44. The zero-order chi connectivity index (χ0) is 9.14. The van der Waals surface area contributed by atoms with E-state index in [-0.39, 0.29) is 6.42 Å². The van der Waals surface area contributed by atoms with Gasteiger partial charge in [0.25, 0.3) is 0 Å². The second kappa shape index (κ2) is 3.36. The number of aliphatic hydroxyl groups is 1. The van der Waals surface area contributed by atoms with Gasteiger partial charge in [-0.1, -0.05) is 0 Å². The molecule has 2 N–H and O–H groups in total. The molecule has 0 radical (unpaired) electrons. The summed E-state index contributed by atoms with van der Waals surface area (Å²) >= 11 is 0. The van der Waals surface area contributed by atoms with Crippen LogP contribution in [0.15, 0.2) is 12.4 Å². The van der Waals surface area contributed by atoms with Gasteiger partial charge in [0.1, 0.15) is 0 Å². The lowest BCUT2D eigenvalue weighted by Crippen LogP contribution is -2.21. The highest BCUT2D eigenvalue weighted by atomic mass is 16.4. The van der Waals surface area contributed by atoms with Crippen LogP contribution < -0.4 is 0 Å². The van der Waals surface area contributed by atoms with Gasteiger partial charge in [0.05, 0.1) is 6.20 Å². The van der Waals surface area contributed by atoms with E-state index < -0.39 is 12.1 Å². The molecular formula is C7H10N2O3. The number of nitrogens with zero attached hydrogens (tertiary/aromatic N) is 2. The third-order valence-corrected chi connectivity index (χ3v) is 1.47. The fourth-order valence-electron chi connectivity index (χ4n) is 0.888. The molecule has 66 valence electrons. The van der Waals surface area contributed by atoms with Crippen molar-refractivity contribution in [3.8, 4) is 0 Å². The van der Waals surface area contributed by atoms with E-state index in [1.165, 1.54) is 6.20 Å². The van der Waals surface area contributed by atoms with E-state index in [1.807, 2.05) is 0 Å². The Hall–Kier alpha value is -1.36. The van der Waals surface area contributed by atoms with Crippen molar-refractivity contribution in [3.63, 3.8) is 0 Å². The third-order valence-electron chi connectivity index (χ3n) is 1.47. The van der Waals surface area contributed by atoms with Gasteiger partial charge >= 0.3 is 5.97 Å². The van der Waals surface area contributed by atoms with Crippen LogP contribution in [0.2, 0.25) is 0 Å². The van der Waals surface area contributed by atoms with Gasteiger partial charge in [0.2, 0.25) is 0 Å². The van der Waals surface area contributed by atoms with Crippen molar-refractivity contribution >= 4 is 5.97 Å². The first-order valence-electron chi connectivity index (χ1n) is 3.48. The van der Waals surface area contributed by atoms with E-state index in [9.17, 15) is 4.79 Å². The molecule has 1 aromatic heterocycles. The molecule has 0 bridgehead atoms. The predicted molar refractivity (Wildman–Crippen MR) is 40.6 cm³/mol. The van der Waals surface area contributed by atoms with Gasteiger partial charge < -0.3 is 10.2 Å². The highest BCUT2D eigenvalue weighted by molar-refractivity contribution is 5.72. The van der Waals surface area contributed by atoms with E-state index in [0.29, 0.717) is 5.56 Å². The molecular weight excluding hydrogens is 160 g/mol. The van der Waals surface area contributed by atoms with Crippen molar-refractivity contribution in [1.29, 1.82) is 0 Å². The Balaban J connectivity index is 2.58. The molecule has 1 rings (SSSR count). The molecule has 0 aliphatic rings. The first kappa shape index (κ1) is 8.73. The molecule has 0 spiro atoms. The lowest BCUT2D eigenvalue weighted by atomic mass is 10.2. The van der Waals surface area contributed by atoms with Gasteiger partial charge in [-0.05, 0) is 5.56 Å². The molecule has 1 aromatic rings. The van der Waals surface area contributed by atoms with Gasteiger partial charge in [-0.3, -0.25) is 4.68 Å². The Morgan fingerprint density at radius 2 is 2.50 bits per heavy atom. The second-order valence-electron chi connectivity index (χ2n) is 2.58. The first-order valence-corrected chi connectivity index (χ1v) is 3.48. The third kappa shape index (κ3) is 2.06. The number of rotatable bonds is 3. The lowest BCUT2D eigenvalue weighted by molar-refractivity contribution is -0.146. The van der Waals surface area contributed by atoms with Crippen molar-refractivity contribution in [2.75, 3.05) is 0 Å². The summed E-state index contributed by atoms with van der Waals surface area (Å²) in [6, 6.07) is 0. The van der Waals surface area contributed by atoms with Crippen LogP contribution >= 0.6 is 0 Å². The predicted octanol–water partition coefficient (Wildman–Crippen LogP) is -0.592. The summed E-state index contributed by atoms with van der Waals surface area (Å²) in [5.41, 5.74) is 0.715. The topological polar surface area (TPSA) is 75.4 Å². The smallest absolute Gasteiger partial charge is 0.332 e. The molecule has 1 unspecified atom stereocenters. The monoisotopic (exact) mass is 170 g/mol. The molecule has 0 fully saturated rings. The van der Waals surface area contributed by atoms with Crippen molar-refractivity contribution < 1.29 is 15.0 Å². The minimum atomic E-state index is -1.34. The number of hydrogen-bond donors (Lipinski definition) is 2. The van der Waals surface area contributed by atoms with Crippen molar-refractivity contribution in [2.45, 2.75) is 12.5 Å². The van der Waals surface area contributed by atoms with Crippen LogP contribution in [0.5, 0.6) is 0 Å². The number of hydrogen-bond acceptors (Lipinski definition) is 3. The molecule has 5 heteroatoms.